The molecule has 7 rings (SSSR count). The number of anilines is 1. The fraction of sp³-hybridized carbons (Fsp3) is 0.643. The minimum atomic E-state index is -0.621. The minimum absolute atomic E-state index is 0.00565. The molecule has 0 bridgehead atoms. The number of hydrazine groups is 1. The van der Waals surface area contributed by atoms with Gasteiger partial charge in [-0.1, -0.05) is 40.5 Å². The van der Waals surface area contributed by atoms with Crippen molar-refractivity contribution in [1.82, 2.24) is 40.0 Å². The van der Waals surface area contributed by atoms with E-state index in [9.17, 15) is 24.0 Å². The zero-order valence-electron chi connectivity index (χ0n) is 46.6. The number of hydrogen-bond donors (Lipinski definition) is 4. The fourth-order valence-corrected chi connectivity index (χ4v) is 8.75. The lowest BCUT2D eigenvalue weighted by Gasteiger charge is -2.41. The van der Waals surface area contributed by atoms with Crippen molar-refractivity contribution in [3.05, 3.63) is 47.8 Å². The molecule has 3 aromatic rings. The lowest BCUT2D eigenvalue weighted by Crippen LogP contribution is -2.57. The van der Waals surface area contributed by atoms with E-state index in [-0.39, 0.29) is 40.7 Å². The number of nitrogens with zero attached hydrogens (tertiary/aromatic N) is 6. The molecule has 74 heavy (non-hydrogen) atoms. The van der Waals surface area contributed by atoms with Gasteiger partial charge in [0.1, 0.15) is 12.1 Å². The first kappa shape index (κ1) is 63.1. The quantitative estimate of drug-likeness (QED) is 0.0482. The van der Waals surface area contributed by atoms with Crippen LogP contribution in [0.2, 0.25) is 0 Å². The first-order valence-electron chi connectivity index (χ1n) is 26.4. The number of thioether (sulfide) groups is 1. The Bertz CT molecular complexity index is 2290. The number of hydrogen-bond acceptors (Lipinski definition) is 13. The molecular weight excluding hydrogens is 959 g/mol. The number of aryl methyl sites for hydroxylation is 1. The van der Waals surface area contributed by atoms with Gasteiger partial charge in [-0.25, -0.2) is 5.43 Å². The van der Waals surface area contributed by atoms with Crippen LogP contribution in [0.25, 0.3) is 22.2 Å². The molecule has 1 aromatic carbocycles. The predicted octanol–water partition coefficient (Wildman–Crippen LogP) is 6.70. The maximum Gasteiger partial charge on any atom is 0.298 e. The molecule has 17 nitrogen and oxygen atoms in total. The molecule has 4 amide bonds. The summed E-state index contributed by atoms with van der Waals surface area (Å²) in [5.74, 6) is 8.28. The summed E-state index contributed by atoms with van der Waals surface area (Å²) in [7, 11) is 3.26. The number of ether oxygens (including phenoxy) is 2. The number of carbonyl (C=O) groups excluding carboxylic acids is 5. The second kappa shape index (κ2) is 31.6. The summed E-state index contributed by atoms with van der Waals surface area (Å²) >= 11 is 2.00. The van der Waals surface area contributed by atoms with Crippen LogP contribution in [0.1, 0.15) is 125 Å². The number of fused-ring (bicyclic) bond motifs is 1. The molecule has 0 saturated carbocycles. The van der Waals surface area contributed by atoms with Gasteiger partial charge in [0.2, 0.25) is 12.3 Å². The molecule has 4 aliphatic heterocycles. The van der Waals surface area contributed by atoms with Gasteiger partial charge < -0.3 is 40.0 Å². The monoisotopic (exact) mass is 1050 g/mol. The van der Waals surface area contributed by atoms with E-state index < -0.39 is 12.1 Å². The van der Waals surface area contributed by atoms with Crippen LogP contribution in [0.5, 0.6) is 0 Å². The molecule has 412 valence electrons. The number of nitrogens with two attached hydrogens (primary N) is 1. The van der Waals surface area contributed by atoms with Crippen LogP contribution < -0.4 is 16.5 Å². The number of likely N-dealkylation sites (tertiary alicyclic amines) is 2. The number of aliphatic hydroxyl groups is 1. The van der Waals surface area contributed by atoms with Gasteiger partial charge in [-0.3, -0.25) is 38.9 Å². The van der Waals surface area contributed by atoms with E-state index in [0.29, 0.717) is 32.6 Å². The Kier molecular flexibility index (Phi) is 27.0. The third kappa shape index (κ3) is 19.5. The highest BCUT2D eigenvalue weighted by molar-refractivity contribution is 8.06. The van der Waals surface area contributed by atoms with Crippen molar-refractivity contribution in [3.63, 3.8) is 0 Å². The first-order valence-corrected chi connectivity index (χ1v) is 27.6. The van der Waals surface area contributed by atoms with Crippen molar-refractivity contribution in [2.45, 2.75) is 144 Å². The maximum atomic E-state index is 12.3. The van der Waals surface area contributed by atoms with Crippen LogP contribution in [0.3, 0.4) is 0 Å². The summed E-state index contributed by atoms with van der Waals surface area (Å²) in [4.78, 5) is 68.1. The number of benzene rings is 1. The average molecular weight is 1050 g/mol. The lowest BCUT2D eigenvalue weighted by atomic mass is 9.84. The van der Waals surface area contributed by atoms with Crippen LogP contribution in [0.15, 0.2) is 36.5 Å². The van der Waals surface area contributed by atoms with Gasteiger partial charge in [0.25, 0.3) is 18.3 Å². The number of aromatic nitrogens is 2. The van der Waals surface area contributed by atoms with E-state index in [0.717, 1.165) is 111 Å². The number of nitrogen functional groups attached to an aromatic ring is 1. The summed E-state index contributed by atoms with van der Waals surface area (Å²) in [6, 6.07) is 8.90. The number of carbonyl (C=O) groups is 5. The number of methoxy groups -OCH3 is 1. The predicted molar refractivity (Wildman–Crippen MR) is 298 cm³/mol. The molecule has 0 spiro atoms. The van der Waals surface area contributed by atoms with Gasteiger partial charge in [-0.05, 0) is 127 Å². The molecule has 2 aromatic heterocycles. The van der Waals surface area contributed by atoms with Crippen LogP contribution in [0, 0.1) is 23.2 Å². The van der Waals surface area contributed by atoms with E-state index in [1.807, 2.05) is 62.6 Å². The minimum Gasteiger partial charge on any atom is -0.467 e. The third-order valence-electron chi connectivity index (χ3n) is 13.1. The highest BCUT2D eigenvalue weighted by Crippen LogP contribution is 2.41. The maximum absolute atomic E-state index is 12.3. The SMILES string of the molecule is C1CS1.CC(C)(C#CC(=O)N1CCCC1)N1CCC1.CC(NC(=O)C(C(C)C)N(C)C=O)C(=O)N1CCCCN1.CCCO.CCn1c(-c2cccnc2C(C)OC)c(CC(C)(C)COC=O)c2cc(N)ccc21. The highest BCUT2D eigenvalue weighted by atomic mass is 32.2. The normalized spacial score (nSPS) is 16.3. The Morgan fingerprint density at radius 2 is 1.64 bits per heavy atom. The second-order valence-corrected chi connectivity index (χ2v) is 21.9. The Hall–Kier alpha value is -5.19. The van der Waals surface area contributed by atoms with Crippen molar-refractivity contribution in [2.24, 2.45) is 11.3 Å². The van der Waals surface area contributed by atoms with Crippen molar-refractivity contribution >= 4 is 59.0 Å². The molecule has 6 heterocycles. The fourth-order valence-electron chi connectivity index (χ4n) is 8.75. The van der Waals surface area contributed by atoms with Crippen LogP contribution >= 0.6 is 11.8 Å². The molecule has 0 aliphatic carbocycles. The van der Waals surface area contributed by atoms with Gasteiger partial charge in [-0.15, -0.1) is 0 Å². The molecule has 3 atom stereocenters. The van der Waals surface area contributed by atoms with E-state index in [4.69, 9.17) is 20.3 Å². The van der Waals surface area contributed by atoms with Crippen molar-refractivity contribution in [3.8, 4) is 23.1 Å². The number of nitrogens with one attached hydrogen (secondary N) is 2. The summed E-state index contributed by atoms with van der Waals surface area (Å²) < 4.78 is 13.0. The molecule has 5 N–H and O–H groups in total. The molecule has 0 radical (unpaired) electrons. The van der Waals surface area contributed by atoms with Crippen molar-refractivity contribution in [2.75, 3.05) is 83.9 Å². The number of amides is 4. The standard InChI is InChI=1S/C24H31N3O3.C14H26N4O3.C13H20N2O.C3H8O.C2H4S/c1-6-27-21-10-9-17(25)12-19(21)20(13-24(3,4)14-30-15-28)23(27)18-8-7-11-26-22(18)16(2)29-5;1-10(2)12(17(4)9-19)13(20)16-11(3)14(21)18-8-6-5-7-15-18;1-13(2,15-10-5-11-15)7-6-12(16)14-8-3-4-9-14;1-2-3-4;1-2-3-1/h7-12,15-16H,6,13-14,25H2,1-5H3;9-12,15H,5-8H2,1-4H3,(H,16,20);3-5,8-11H2,1-2H3;4H,2-3H2,1H3;1-2H2. The summed E-state index contributed by atoms with van der Waals surface area (Å²) in [6.45, 7) is 27.2. The van der Waals surface area contributed by atoms with Crippen molar-refractivity contribution in [1.29, 1.82) is 0 Å². The molecule has 4 aliphatic rings. The summed E-state index contributed by atoms with van der Waals surface area (Å²) in [5.41, 5.74) is 14.9. The zero-order valence-corrected chi connectivity index (χ0v) is 47.4. The number of aliphatic hydroxyl groups excluding tert-OH is 1. The van der Waals surface area contributed by atoms with Gasteiger partial charge in [-0.2, -0.15) is 11.8 Å². The van der Waals surface area contributed by atoms with Gasteiger partial charge in [0.05, 0.1) is 29.6 Å². The summed E-state index contributed by atoms with van der Waals surface area (Å²) in [6.07, 6.45) is 9.39. The van der Waals surface area contributed by atoms with Crippen LogP contribution in [-0.2, 0) is 46.4 Å². The van der Waals surface area contributed by atoms with Gasteiger partial charge in [0.15, 0.2) is 0 Å². The largest absolute Gasteiger partial charge is 0.467 e. The van der Waals surface area contributed by atoms with Gasteiger partial charge in [0, 0.05) is 112 Å². The van der Waals surface area contributed by atoms with Crippen LogP contribution in [0.4, 0.5) is 5.69 Å². The topological polar surface area (TPSA) is 205 Å². The lowest BCUT2D eigenvalue weighted by molar-refractivity contribution is -0.141. The summed E-state index contributed by atoms with van der Waals surface area (Å²) in [5, 5.41) is 13.3. The van der Waals surface area contributed by atoms with E-state index in [2.05, 4.69) is 83.8 Å². The molecule has 18 heteroatoms. The second-order valence-electron chi connectivity index (χ2n) is 20.7. The van der Waals surface area contributed by atoms with E-state index in [1.54, 1.807) is 32.3 Å². The van der Waals surface area contributed by atoms with Crippen LogP contribution in [-0.4, -0.2) is 161 Å². The van der Waals surface area contributed by atoms with Crippen molar-refractivity contribution < 1.29 is 38.6 Å². The number of pyridine rings is 1. The highest BCUT2D eigenvalue weighted by Gasteiger charge is 2.32. The molecule has 4 saturated heterocycles. The average Bonchev–Trinajstić information content (AvgIpc) is 4.10. The molecular formula is C56H89N9O8S. The Morgan fingerprint density at radius 3 is 2.15 bits per heavy atom. The molecule has 3 unspecified atom stereocenters. The number of likely N-dealkylation sites (N-methyl/N-ethyl adjacent to an activating group) is 1. The van der Waals surface area contributed by atoms with E-state index in [1.165, 1.54) is 28.4 Å². The smallest absolute Gasteiger partial charge is 0.298 e. The van der Waals surface area contributed by atoms with E-state index >= 15 is 0 Å². The molecule has 4 fully saturated rings. The zero-order chi connectivity index (χ0) is 55.0. The number of rotatable bonds is 17. The Morgan fingerprint density at radius 1 is 0.986 bits per heavy atom. The third-order valence-corrected chi connectivity index (χ3v) is 13.5. The first-order chi connectivity index (χ1) is 35.2. The van der Waals surface area contributed by atoms with Gasteiger partial charge >= 0.3 is 0 Å². The Balaban J connectivity index is 0.000000285. The Labute approximate surface area is 446 Å².